The van der Waals surface area contributed by atoms with Crippen LogP contribution in [-0.4, -0.2) is 74.4 Å². The molecule has 1 aromatic heterocycles. The van der Waals surface area contributed by atoms with Crippen LogP contribution in [0.4, 0.5) is 9.52 Å². The second-order valence-electron chi connectivity index (χ2n) is 8.55. The number of halogens is 1. The van der Waals surface area contributed by atoms with Gasteiger partial charge in [-0.15, -0.1) is 0 Å². The number of hydrogen-bond donors (Lipinski definition) is 0. The van der Waals surface area contributed by atoms with E-state index in [0.717, 1.165) is 13.1 Å². The number of rotatable bonds is 10. The fraction of sp³-hybridized carbons (Fsp3) is 0.440. The normalized spacial score (nSPS) is 16.6. The number of fused-ring (bicyclic) bond motifs is 1. The Balaban J connectivity index is 1.67. The summed E-state index contributed by atoms with van der Waals surface area (Å²) in [4.78, 5) is 22.2. The third-order valence-electron chi connectivity index (χ3n) is 6.54. The Bertz CT molecular complexity index is 1310. The molecule has 8 nitrogen and oxygen atoms in total. The molecule has 1 fully saturated rings. The summed E-state index contributed by atoms with van der Waals surface area (Å²) in [6.45, 7) is 6.89. The molecule has 2 heterocycles. The highest BCUT2D eigenvalue weighted by Gasteiger charge is 2.42. The van der Waals surface area contributed by atoms with Crippen molar-refractivity contribution in [1.82, 2.24) is 14.2 Å². The Hall–Kier alpha value is -2.60. The van der Waals surface area contributed by atoms with Gasteiger partial charge in [-0.05, 0) is 62.3 Å². The van der Waals surface area contributed by atoms with E-state index in [1.54, 1.807) is 24.3 Å². The number of para-hydroxylation sites is 1. The zero-order chi connectivity index (χ0) is 25.9. The number of ether oxygens (including phenoxy) is 1. The van der Waals surface area contributed by atoms with Crippen molar-refractivity contribution in [1.29, 1.82) is 0 Å². The molecule has 0 spiro atoms. The molecular formula is C25H31FN4O4S2. The van der Waals surface area contributed by atoms with Gasteiger partial charge in [-0.2, -0.15) is 4.31 Å². The molecule has 36 heavy (non-hydrogen) atoms. The lowest BCUT2D eigenvalue weighted by molar-refractivity contribution is -0.121. The summed E-state index contributed by atoms with van der Waals surface area (Å²) in [5.41, 5.74) is 0.215. The Kier molecular flexibility index (Phi) is 8.23. The van der Waals surface area contributed by atoms with Crippen LogP contribution in [-0.2, 0) is 14.8 Å². The molecule has 11 heteroatoms. The van der Waals surface area contributed by atoms with Crippen molar-refractivity contribution < 1.29 is 22.3 Å². The number of methoxy groups -OCH3 is 1. The molecule has 3 aromatic rings. The SMILES string of the molecule is CCN(CC)CCN(C(=O)C1CCCN1S(=O)(=O)c1ccc(OC)cc1)c1nc2c(F)cccc2s1. The molecule has 1 aliphatic heterocycles. The number of anilines is 1. The smallest absolute Gasteiger partial charge is 0.247 e. The molecule has 4 rings (SSSR count). The van der Waals surface area contributed by atoms with Crippen molar-refractivity contribution in [3.63, 3.8) is 0 Å². The zero-order valence-corrected chi connectivity index (χ0v) is 22.3. The van der Waals surface area contributed by atoms with Gasteiger partial charge in [0, 0.05) is 19.6 Å². The van der Waals surface area contributed by atoms with E-state index in [1.165, 1.54) is 45.9 Å². The van der Waals surface area contributed by atoms with Crippen LogP contribution in [0.2, 0.25) is 0 Å². The van der Waals surface area contributed by atoms with Crippen LogP contribution in [0, 0.1) is 5.82 Å². The number of nitrogens with zero attached hydrogens (tertiary/aromatic N) is 4. The topological polar surface area (TPSA) is 83.0 Å². The highest BCUT2D eigenvalue weighted by atomic mass is 32.2. The molecule has 1 atom stereocenters. The van der Waals surface area contributed by atoms with Gasteiger partial charge in [0.15, 0.2) is 5.13 Å². The van der Waals surface area contributed by atoms with E-state index in [4.69, 9.17) is 4.74 Å². The zero-order valence-electron chi connectivity index (χ0n) is 20.7. The first kappa shape index (κ1) is 26.5. The van der Waals surface area contributed by atoms with Gasteiger partial charge in [-0.1, -0.05) is 31.3 Å². The first-order valence-corrected chi connectivity index (χ1v) is 14.3. The summed E-state index contributed by atoms with van der Waals surface area (Å²) in [6, 6.07) is 10.0. The van der Waals surface area contributed by atoms with Crippen LogP contribution in [0.3, 0.4) is 0 Å². The highest BCUT2D eigenvalue weighted by Crippen LogP contribution is 2.33. The third-order valence-corrected chi connectivity index (χ3v) is 9.51. The average Bonchev–Trinajstić information content (AvgIpc) is 3.55. The maximum atomic E-state index is 14.4. The maximum Gasteiger partial charge on any atom is 0.247 e. The van der Waals surface area contributed by atoms with Crippen LogP contribution < -0.4 is 9.64 Å². The molecule has 1 unspecified atom stereocenters. The highest BCUT2D eigenvalue weighted by molar-refractivity contribution is 7.89. The van der Waals surface area contributed by atoms with Crippen molar-refractivity contribution in [2.75, 3.05) is 44.7 Å². The van der Waals surface area contributed by atoms with Crippen LogP contribution in [0.25, 0.3) is 10.2 Å². The molecule has 0 radical (unpaired) electrons. The van der Waals surface area contributed by atoms with Crippen molar-refractivity contribution in [3.05, 3.63) is 48.3 Å². The van der Waals surface area contributed by atoms with E-state index in [1.807, 2.05) is 13.8 Å². The van der Waals surface area contributed by atoms with E-state index in [-0.39, 0.29) is 22.9 Å². The minimum absolute atomic E-state index is 0.111. The summed E-state index contributed by atoms with van der Waals surface area (Å²) in [5.74, 6) is -0.236. The first-order chi connectivity index (χ1) is 17.3. The number of hydrogen-bond acceptors (Lipinski definition) is 7. The largest absolute Gasteiger partial charge is 0.497 e. The summed E-state index contributed by atoms with van der Waals surface area (Å²) in [7, 11) is -2.39. The molecule has 0 saturated carbocycles. The predicted molar refractivity (Wildman–Crippen MR) is 140 cm³/mol. The summed E-state index contributed by atoms with van der Waals surface area (Å²) in [5, 5.41) is 0.376. The quantitative estimate of drug-likeness (QED) is 0.392. The average molecular weight is 535 g/mol. The number of amides is 1. The second-order valence-corrected chi connectivity index (χ2v) is 11.4. The molecule has 1 saturated heterocycles. The van der Waals surface area contributed by atoms with Crippen LogP contribution in [0.5, 0.6) is 5.75 Å². The summed E-state index contributed by atoms with van der Waals surface area (Å²) < 4.78 is 48.4. The number of sulfonamides is 1. The Labute approximate surface area is 215 Å². The number of carbonyl (C=O) groups excluding carboxylic acids is 1. The standard InChI is InChI=1S/C25H31FN4O4S2/c1-4-28(5-2)16-17-29(25-27-23-20(26)8-6-10-22(23)35-25)24(31)21-9-7-15-30(21)36(32,33)19-13-11-18(34-3)12-14-19/h6,8,10-14,21H,4-5,7,9,15-17H2,1-3H3. The number of benzene rings is 2. The van der Waals surface area contributed by atoms with Crippen molar-refractivity contribution in [2.45, 2.75) is 37.6 Å². The summed E-state index contributed by atoms with van der Waals surface area (Å²) in [6.07, 6.45) is 0.986. The lowest BCUT2D eigenvalue weighted by Gasteiger charge is -2.30. The fourth-order valence-electron chi connectivity index (χ4n) is 4.44. The van der Waals surface area contributed by atoms with E-state index in [0.29, 0.717) is 41.5 Å². The lowest BCUT2D eigenvalue weighted by atomic mass is 10.2. The Morgan fingerprint density at radius 2 is 1.89 bits per heavy atom. The van der Waals surface area contributed by atoms with E-state index >= 15 is 0 Å². The minimum atomic E-state index is -3.90. The molecular weight excluding hydrogens is 503 g/mol. The number of carbonyl (C=O) groups is 1. The monoisotopic (exact) mass is 534 g/mol. The van der Waals surface area contributed by atoms with Gasteiger partial charge in [-0.25, -0.2) is 17.8 Å². The van der Waals surface area contributed by atoms with E-state index in [2.05, 4.69) is 9.88 Å². The first-order valence-electron chi connectivity index (χ1n) is 12.0. The van der Waals surface area contributed by atoms with Gasteiger partial charge < -0.3 is 9.64 Å². The molecule has 0 bridgehead atoms. The van der Waals surface area contributed by atoms with Crippen LogP contribution in [0.1, 0.15) is 26.7 Å². The molecule has 1 amide bonds. The predicted octanol–water partition coefficient (Wildman–Crippen LogP) is 3.97. The fourth-order valence-corrected chi connectivity index (χ4v) is 7.10. The Morgan fingerprint density at radius 1 is 1.17 bits per heavy atom. The molecule has 194 valence electrons. The van der Waals surface area contributed by atoms with Gasteiger partial charge in [0.1, 0.15) is 23.1 Å². The number of likely N-dealkylation sites (N-methyl/N-ethyl adjacent to an activating group) is 1. The second kappa shape index (κ2) is 11.2. The number of aromatic nitrogens is 1. The maximum absolute atomic E-state index is 14.4. The van der Waals surface area contributed by atoms with Gasteiger partial charge >= 0.3 is 0 Å². The molecule has 0 aliphatic carbocycles. The van der Waals surface area contributed by atoms with Gasteiger partial charge in [0.2, 0.25) is 15.9 Å². The van der Waals surface area contributed by atoms with E-state index < -0.39 is 21.9 Å². The van der Waals surface area contributed by atoms with Crippen molar-refractivity contribution >= 4 is 42.6 Å². The minimum Gasteiger partial charge on any atom is -0.497 e. The van der Waals surface area contributed by atoms with Crippen molar-refractivity contribution in [2.24, 2.45) is 0 Å². The molecule has 2 aromatic carbocycles. The van der Waals surface area contributed by atoms with Gasteiger partial charge in [-0.3, -0.25) is 9.69 Å². The van der Waals surface area contributed by atoms with Crippen LogP contribution in [0.15, 0.2) is 47.4 Å². The Morgan fingerprint density at radius 3 is 2.53 bits per heavy atom. The molecule has 0 N–H and O–H groups in total. The van der Waals surface area contributed by atoms with Gasteiger partial charge in [0.05, 0.1) is 16.7 Å². The van der Waals surface area contributed by atoms with Crippen molar-refractivity contribution in [3.8, 4) is 5.75 Å². The lowest BCUT2D eigenvalue weighted by Crippen LogP contribution is -2.49. The van der Waals surface area contributed by atoms with Gasteiger partial charge in [0.25, 0.3) is 0 Å². The van der Waals surface area contributed by atoms with Crippen LogP contribution >= 0.6 is 11.3 Å². The molecule has 1 aliphatic rings. The number of thiazole rings is 1. The van der Waals surface area contributed by atoms with E-state index in [9.17, 15) is 17.6 Å². The third kappa shape index (κ3) is 5.24. The summed E-state index contributed by atoms with van der Waals surface area (Å²) >= 11 is 1.24.